The minimum absolute atomic E-state index is 0.152. The molecule has 1 atom stereocenters. The molecule has 0 spiro atoms. The van der Waals surface area contributed by atoms with Crippen LogP contribution in [0.5, 0.6) is 0 Å². The van der Waals surface area contributed by atoms with Crippen LogP contribution in [0.25, 0.3) is 0 Å². The van der Waals surface area contributed by atoms with Crippen LogP contribution in [0.3, 0.4) is 0 Å². The van der Waals surface area contributed by atoms with E-state index in [9.17, 15) is 14.4 Å². The topological polar surface area (TPSA) is 121 Å². The number of anilines is 1. The number of nitrogens with zero attached hydrogens (tertiary/aromatic N) is 2. The third kappa shape index (κ3) is 4.38. The van der Waals surface area contributed by atoms with Gasteiger partial charge in [0.05, 0.1) is 19.1 Å². The Morgan fingerprint density at radius 1 is 1.63 bits per heavy atom. The first-order chi connectivity index (χ1) is 9.10. The van der Waals surface area contributed by atoms with Gasteiger partial charge in [0.2, 0.25) is 17.8 Å². The van der Waals surface area contributed by atoms with Gasteiger partial charge in [-0.25, -0.2) is 4.98 Å². The molecule has 2 amide bonds. The molecule has 0 aliphatic rings. The second-order valence-electron chi connectivity index (χ2n) is 3.59. The molecule has 0 aromatic carbocycles. The molecule has 104 valence electrons. The van der Waals surface area contributed by atoms with Gasteiger partial charge in [-0.1, -0.05) is 0 Å². The predicted molar refractivity (Wildman–Crippen MR) is 71.8 cm³/mol. The molecule has 0 fully saturated rings. The number of aldehydes is 1. The fourth-order valence-electron chi connectivity index (χ4n) is 1.26. The highest BCUT2D eigenvalue weighted by molar-refractivity contribution is 7.80. The number of hydrogen-bond donors (Lipinski definition) is 4. The Hall–Kier alpha value is -1.87. The molecule has 0 aliphatic heterocycles. The third-order valence-electron chi connectivity index (χ3n) is 2.24. The number of hydrogen-bond acceptors (Lipinski definition) is 6. The predicted octanol–water partition coefficient (Wildman–Crippen LogP) is -1.69. The highest BCUT2D eigenvalue weighted by atomic mass is 32.1. The maximum Gasteiger partial charge on any atom is 0.249 e. The molecular weight excluding hydrogens is 270 g/mol. The van der Waals surface area contributed by atoms with Crippen molar-refractivity contribution in [2.24, 2.45) is 5.73 Å². The van der Waals surface area contributed by atoms with Crippen molar-refractivity contribution in [2.45, 2.75) is 6.04 Å². The van der Waals surface area contributed by atoms with Gasteiger partial charge in [0.15, 0.2) is 0 Å². The summed E-state index contributed by atoms with van der Waals surface area (Å²) in [5.41, 5.74) is 5.44. The number of nitrogens with two attached hydrogens (primary N) is 1. The summed E-state index contributed by atoms with van der Waals surface area (Å²) in [5, 5.41) is 2.37. The molecular formula is C10H15N5O3S. The SMILES string of the molecule is N[C@@H](CS)C(=O)NCC(=O)N(CC=O)c1ncc[nH]1. The molecule has 0 unspecified atom stereocenters. The molecule has 4 N–H and O–H groups in total. The van der Waals surface area contributed by atoms with E-state index in [4.69, 9.17) is 5.73 Å². The summed E-state index contributed by atoms with van der Waals surface area (Å²) in [6.45, 7) is -0.421. The van der Waals surface area contributed by atoms with E-state index in [2.05, 4.69) is 27.9 Å². The summed E-state index contributed by atoms with van der Waals surface area (Å²) in [4.78, 5) is 41.5. The standard InChI is InChI=1S/C10H15N5O3S/c11-7(6-19)9(18)14-5-8(17)15(3-4-16)10-12-1-2-13-10/h1-2,4,7,19H,3,5-6,11H2,(H,12,13)(H,14,18)/t7-/m0/s1. The maximum atomic E-state index is 11.9. The number of aromatic nitrogens is 2. The van der Waals surface area contributed by atoms with E-state index in [1.165, 1.54) is 12.4 Å². The van der Waals surface area contributed by atoms with Gasteiger partial charge < -0.3 is 20.8 Å². The Labute approximate surface area is 115 Å². The van der Waals surface area contributed by atoms with E-state index in [1.807, 2.05) is 0 Å². The summed E-state index contributed by atoms with van der Waals surface area (Å²) < 4.78 is 0. The molecule has 0 aliphatic carbocycles. The number of amides is 2. The van der Waals surface area contributed by atoms with Gasteiger partial charge in [-0.3, -0.25) is 14.5 Å². The molecule has 1 rings (SSSR count). The van der Waals surface area contributed by atoms with Gasteiger partial charge in [0, 0.05) is 18.1 Å². The average Bonchev–Trinajstić information content (AvgIpc) is 2.94. The molecule has 1 aromatic heterocycles. The van der Waals surface area contributed by atoms with Crippen molar-refractivity contribution in [3.8, 4) is 0 Å². The zero-order chi connectivity index (χ0) is 14.3. The monoisotopic (exact) mass is 285 g/mol. The van der Waals surface area contributed by atoms with Crippen LogP contribution in [-0.2, 0) is 14.4 Å². The van der Waals surface area contributed by atoms with Crippen LogP contribution >= 0.6 is 12.6 Å². The van der Waals surface area contributed by atoms with Crippen molar-refractivity contribution in [2.75, 3.05) is 23.7 Å². The zero-order valence-electron chi connectivity index (χ0n) is 10.1. The number of imidazole rings is 1. The number of rotatable bonds is 7. The molecule has 8 nitrogen and oxygen atoms in total. The molecule has 0 saturated heterocycles. The van der Waals surface area contributed by atoms with Crippen LogP contribution in [0.15, 0.2) is 12.4 Å². The van der Waals surface area contributed by atoms with Crippen LogP contribution in [0.1, 0.15) is 0 Å². The van der Waals surface area contributed by atoms with Crippen LogP contribution in [0.4, 0.5) is 5.95 Å². The van der Waals surface area contributed by atoms with Crippen LogP contribution in [0.2, 0.25) is 0 Å². The van der Waals surface area contributed by atoms with Crippen molar-refractivity contribution < 1.29 is 14.4 Å². The summed E-state index contributed by atoms with van der Waals surface area (Å²) in [5.74, 6) is -0.531. The number of aromatic amines is 1. The van der Waals surface area contributed by atoms with Crippen LogP contribution in [0, 0.1) is 0 Å². The second-order valence-corrected chi connectivity index (χ2v) is 3.96. The molecule has 0 radical (unpaired) electrons. The van der Waals surface area contributed by atoms with Crippen molar-refractivity contribution in [3.63, 3.8) is 0 Å². The van der Waals surface area contributed by atoms with E-state index < -0.39 is 17.9 Å². The lowest BCUT2D eigenvalue weighted by molar-refractivity contribution is -0.125. The third-order valence-corrected chi connectivity index (χ3v) is 2.64. The zero-order valence-corrected chi connectivity index (χ0v) is 11.0. The molecule has 9 heteroatoms. The Kier molecular flexibility index (Phi) is 6.03. The van der Waals surface area contributed by atoms with Gasteiger partial charge in [-0.05, 0) is 0 Å². The van der Waals surface area contributed by atoms with Gasteiger partial charge in [0.1, 0.15) is 6.29 Å². The Bertz CT molecular complexity index is 436. The molecule has 0 bridgehead atoms. The maximum absolute atomic E-state index is 11.9. The van der Waals surface area contributed by atoms with Crippen molar-refractivity contribution in [3.05, 3.63) is 12.4 Å². The lowest BCUT2D eigenvalue weighted by atomic mass is 10.3. The van der Waals surface area contributed by atoms with E-state index in [0.717, 1.165) is 4.90 Å². The Morgan fingerprint density at radius 2 is 2.37 bits per heavy atom. The first kappa shape index (κ1) is 15.2. The highest BCUT2D eigenvalue weighted by Crippen LogP contribution is 2.04. The van der Waals surface area contributed by atoms with E-state index in [0.29, 0.717) is 6.29 Å². The number of carbonyl (C=O) groups excluding carboxylic acids is 3. The minimum Gasteiger partial charge on any atom is -0.346 e. The number of nitrogens with one attached hydrogen (secondary N) is 2. The van der Waals surface area contributed by atoms with Crippen LogP contribution in [-0.4, -0.2) is 53.0 Å². The lowest BCUT2D eigenvalue weighted by Gasteiger charge is -2.18. The molecule has 1 heterocycles. The van der Waals surface area contributed by atoms with Gasteiger partial charge in [0.25, 0.3) is 0 Å². The number of thiol groups is 1. The highest BCUT2D eigenvalue weighted by Gasteiger charge is 2.19. The molecule has 0 saturated carbocycles. The smallest absolute Gasteiger partial charge is 0.249 e. The number of H-pyrrole nitrogens is 1. The first-order valence-electron chi connectivity index (χ1n) is 5.47. The van der Waals surface area contributed by atoms with E-state index in [-0.39, 0.29) is 24.8 Å². The number of carbonyl (C=O) groups is 3. The minimum atomic E-state index is -0.778. The summed E-state index contributed by atoms with van der Waals surface area (Å²) >= 11 is 3.88. The largest absolute Gasteiger partial charge is 0.346 e. The fourth-order valence-corrected chi connectivity index (χ4v) is 1.42. The molecule has 1 aromatic rings. The normalized spacial score (nSPS) is 11.7. The van der Waals surface area contributed by atoms with Gasteiger partial charge in [-0.15, -0.1) is 0 Å². The van der Waals surface area contributed by atoms with Gasteiger partial charge in [-0.2, -0.15) is 12.6 Å². The Morgan fingerprint density at radius 3 is 2.89 bits per heavy atom. The summed E-state index contributed by atoms with van der Waals surface area (Å²) in [6, 6.07) is -0.778. The van der Waals surface area contributed by atoms with E-state index in [1.54, 1.807) is 0 Å². The first-order valence-corrected chi connectivity index (χ1v) is 6.11. The summed E-state index contributed by atoms with van der Waals surface area (Å²) in [6.07, 6.45) is 3.55. The van der Waals surface area contributed by atoms with Crippen molar-refractivity contribution in [1.82, 2.24) is 15.3 Å². The summed E-state index contributed by atoms with van der Waals surface area (Å²) in [7, 11) is 0. The van der Waals surface area contributed by atoms with Crippen LogP contribution < -0.4 is 16.0 Å². The average molecular weight is 285 g/mol. The molecule has 19 heavy (non-hydrogen) atoms. The lowest BCUT2D eigenvalue weighted by Crippen LogP contribution is -2.47. The van der Waals surface area contributed by atoms with E-state index >= 15 is 0 Å². The second kappa shape index (κ2) is 7.54. The quantitative estimate of drug-likeness (QED) is 0.352. The van der Waals surface area contributed by atoms with Crippen molar-refractivity contribution in [1.29, 1.82) is 0 Å². The fraction of sp³-hybridized carbons (Fsp3) is 0.400. The van der Waals surface area contributed by atoms with Crippen molar-refractivity contribution >= 4 is 36.7 Å². The Balaban J connectivity index is 2.59. The van der Waals surface area contributed by atoms with Gasteiger partial charge >= 0.3 is 0 Å².